The van der Waals surface area contributed by atoms with E-state index in [2.05, 4.69) is 15.3 Å². The van der Waals surface area contributed by atoms with Gasteiger partial charge in [-0.25, -0.2) is 8.42 Å². The van der Waals surface area contributed by atoms with Crippen LogP contribution in [-0.4, -0.2) is 60.1 Å². The molecular weight excluding hydrogens is 352 g/mol. The number of benzene rings is 1. The Bertz CT molecular complexity index is 848. The molecule has 0 aliphatic carbocycles. The summed E-state index contributed by atoms with van der Waals surface area (Å²) in [5, 5.41) is 7.33. The van der Waals surface area contributed by atoms with Gasteiger partial charge < -0.3 is 5.32 Å². The molecule has 0 saturated carbocycles. The van der Waals surface area contributed by atoms with Gasteiger partial charge in [-0.05, 0) is 18.2 Å². The molecule has 1 aromatic heterocycles. The standard InChI is InChI=1S/C18H24N4O3S/c1-2-26(24,25)11-10-21-13-16-8-9-20-22(16)17(14-21)12-19-18(23)15-6-4-3-5-7-15/h3-9,17H,2,10-14H2,1H3,(H,19,23)/t17-/m1/s1. The summed E-state index contributed by atoms with van der Waals surface area (Å²) < 4.78 is 25.5. The monoisotopic (exact) mass is 376 g/mol. The zero-order valence-electron chi connectivity index (χ0n) is 14.8. The average Bonchev–Trinajstić information content (AvgIpc) is 3.13. The molecule has 7 nitrogen and oxygen atoms in total. The number of aromatic nitrogens is 2. The lowest BCUT2D eigenvalue weighted by Gasteiger charge is -2.33. The third kappa shape index (κ3) is 4.50. The summed E-state index contributed by atoms with van der Waals surface area (Å²) in [5.74, 6) is 0.195. The maximum Gasteiger partial charge on any atom is 0.251 e. The summed E-state index contributed by atoms with van der Waals surface area (Å²) in [5.41, 5.74) is 1.65. The molecule has 0 saturated heterocycles. The summed E-state index contributed by atoms with van der Waals surface area (Å²) in [6.07, 6.45) is 1.74. The van der Waals surface area contributed by atoms with Gasteiger partial charge in [0.25, 0.3) is 5.91 Å². The third-order valence-corrected chi connectivity index (χ3v) is 6.33. The number of sulfone groups is 1. The molecule has 0 fully saturated rings. The number of nitrogens with one attached hydrogen (secondary N) is 1. The van der Waals surface area contributed by atoms with E-state index in [4.69, 9.17) is 0 Å². The van der Waals surface area contributed by atoms with Crippen molar-refractivity contribution in [1.29, 1.82) is 0 Å². The fourth-order valence-corrected chi connectivity index (χ4v) is 3.93. The van der Waals surface area contributed by atoms with Gasteiger partial charge in [0, 0.05) is 43.7 Å². The zero-order valence-corrected chi connectivity index (χ0v) is 15.7. The van der Waals surface area contributed by atoms with Crippen molar-refractivity contribution in [3.8, 4) is 0 Å². The van der Waals surface area contributed by atoms with Crippen LogP contribution in [0.3, 0.4) is 0 Å². The summed E-state index contributed by atoms with van der Waals surface area (Å²) in [6, 6.07) is 11.0. The van der Waals surface area contributed by atoms with E-state index in [0.717, 1.165) is 5.69 Å². The van der Waals surface area contributed by atoms with E-state index in [1.54, 1.807) is 25.3 Å². The maximum absolute atomic E-state index is 12.3. The number of carbonyl (C=O) groups is 1. The van der Waals surface area contributed by atoms with Gasteiger partial charge in [0.2, 0.25) is 0 Å². The van der Waals surface area contributed by atoms with E-state index in [9.17, 15) is 13.2 Å². The molecule has 1 N–H and O–H groups in total. The quantitative estimate of drug-likeness (QED) is 0.782. The predicted octanol–water partition coefficient (Wildman–Crippen LogP) is 1.10. The third-order valence-electron chi connectivity index (χ3n) is 4.65. The average molecular weight is 376 g/mol. The van der Waals surface area contributed by atoms with Crippen LogP contribution in [0.2, 0.25) is 0 Å². The lowest BCUT2D eigenvalue weighted by Crippen LogP contribution is -2.44. The number of fused-ring (bicyclic) bond motifs is 1. The van der Waals surface area contributed by atoms with Crippen LogP contribution in [0.4, 0.5) is 0 Å². The van der Waals surface area contributed by atoms with Crippen LogP contribution in [-0.2, 0) is 16.4 Å². The van der Waals surface area contributed by atoms with Gasteiger partial charge in [-0.15, -0.1) is 0 Å². The number of nitrogens with zero attached hydrogens (tertiary/aromatic N) is 3. The SMILES string of the molecule is CCS(=O)(=O)CCN1Cc2ccnn2[C@H](CNC(=O)c2ccccc2)C1. The summed E-state index contributed by atoms with van der Waals surface area (Å²) in [7, 11) is -3.00. The van der Waals surface area contributed by atoms with Gasteiger partial charge >= 0.3 is 0 Å². The molecule has 2 heterocycles. The smallest absolute Gasteiger partial charge is 0.251 e. The van der Waals surface area contributed by atoms with E-state index in [0.29, 0.717) is 31.7 Å². The molecular formula is C18H24N4O3S. The van der Waals surface area contributed by atoms with Gasteiger partial charge in [0.1, 0.15) is 0 Å². The van der Waals surface area contributed by atoms with Gasteiger partial charge in [-0.3, -0.25) is 14.4 Å². The normalized spacial score (nSPS) is 17.7. The molecule has 1 aromatic carbocycles. The van der Waals surface area contributed by atoms with Crippen LogP contribution in [0.5, 0.6) is 0 Å². The Hall–Kier alpha value is -2.19. The lowest BCUT2D eigenvalue weighted by atomic mass is 10.1. The second kappa shape index (κ2) is 8.01. The molecule has 140 valence electrons. The second-order valence-electron chi connectivity index (χ2n) is 6.47. The molecule has 1 amide bonds. The van der Waals surface area contributed by atoms with Crippen molar-refractivity contribution in [2.24, 2.45) is 0 Å². The van der Waals surface area contributed by atoms with Crippen molar-refractivity contribution in [3.63, 3.8) is 0 Å². The summed E-state index contributed by atoms with van der Waals surface area (Å²) in [6.45, 7) is 3.93. The van der Waals surface area contributed by atoms with Crippen molar-refractivity contribution in [3.05, 3.63) is 53.9 Å². The number of rotatable bonds is 7. The highest BCUT2D eigenvalue weighted by molar-refractivity contribution is 7.91. The Labute approximate surface area is 153 Å². The molecule has 8 heteroatoms. The second-order valence-corrected chi connectivity index (χ2v) is 8.94. The first kappa shape index (κ1) is 18.6. The van der Waals surface area contributed by atoms with Crippen molar-refractivity contribution in [2.75, 3.05) is 31.1 Å². The highest BCUT2D eigenvalue weighted by Crippen LogP contribution is 2.20. The van der Waals surface area contributed by atoms with E-state index in [1.807, 2.05) is 28.9 Å². The fraction of sp³-hybridized carbons (Fsp3) is 0.444. The van der Waals surface area contributed by atoms with E-state index < -0.39 is 9.84 Å². The van der Waals surface area contributed by atoms with Crippen LogP contribution in [0.15, 0.2) is 42.6 Å². The van der Waals surface area contributed by atoms with E-state index in [1.165, 1.54) is 0 Å². The van der Waals surface area contributed by atoms with Crippen LogP contribution < -0.4 is 5.32 Å². The van der Waals surface area contributed by atoms with Gasteiger partial charge in [-0.2, -0.15) is 5.10 Å². The van der Waals surface area contributed by atoms with Crippen LogP contribution in [0.25, 0.3) is 0 Å². The molecule has 0 bridgehead atoms. The topological polar surface area (TPSA) is 84.3 Å². The Morgan fingerprint density at radius 2 is 2.04 bits per heavy atom. The highest BCUT2D eigenvalue weighted by atomic mass is 32.2. The van der Waals surface area contributed by atoms with E-state index in [-0.39, 0.29) is 23.5 Å². The van der Waals surface area contributed by atoms with E-state index >= 15 is 0 Å². The fourth-order valence-electron chi connectivity index (χ4n) is 3.10. The van der Waals surface area contributed by atoms with Crippen molar-refractivity contribution < 1.29 is 13.2 Å². The first-order valence-corrected chi connectivity index (χ1v) is 10.6. The summed E-state index contributed by atoms with van der Waals surface area (Å²) in [4.78, 5) is 14.4. The maximum atomic E-state index is 12.3. The minimum atomic E-state index is -3.00. The molecule has 0 unspecified atom stereocenters. The minimum absolute atomic E-state index is 0.0225. The molecule has 1 atom stereocenters. The van der Waals surface area contributed by atoms with Crippen molar-refractivity contribution >= 4 is 15.7 Å². The molecule has 3 rings (SSSR count). The largest absolute Gasteiger partial charge is 0.350 e. The van der Waals surface area contributed by atoms with Crippen LogP contribution in [0, 0.1) is 0 Å². The first-order valence-electron chi connectivity index (χ1n) is 8.77. The molecule has 1 aliphatic heterocycles. The Kier molecular flexibility index (Phi) is 5.73. The highest BCUT2D eigenvalue weighted by Gasteiger charge is 2.26. The van der Waals surface area contributed by atoms with Crippen LogP contribution in [0.1, 0.15) is 29.0 Å². The van der Waals surface area contributed by atoms with Gasteiger partial charge in [0.15, 0.2) is 9.84 Å². The Morgan fingerprint density at radius 1 is 1.27 bits per heavy atom. The molecule has 26 heavy (non-hydrogen) atoms. The number of amides is 1. The Morgan fingerprint density at radius 3 is 2.77 bits per heavy atom. The molecule has 1 aliphatic rings. The van der Waals surface area contributed by atoms with Crippen molar-refractivity contribution in [2.45, 2.75) is 19.5 Å². The first-order chi connectivity index (χ1) is 12.5. The molecule has 0 spiro atoms. The van der Waals surface area contributed by atoms with Gasteiger partial charge in [0.05, 0.1) is 17.5 Å². The van der Waals surface area contributed by atoms with Crippen LogP contribution >= 0.6 is 0 Å². The lowest BCUT2D eigenvalue weighted by molar-refractivity contribution is 0.0935. The summed E-state index contributed by atoms with van der Waals surface area (Å²) >= 11 is 0. The number of carbonyl (C=O) groups excluding carboxylic acids is 1. The minimum Gasteiger partial charge on any atom is -0.350 e. The predicted molar refractivity (Wildman–Crippen MR) is 99.6 cm³/mol. The Balaban J connectivity index is 1.64. The number of hydrogen-bond donors (Lipinski definition) is 1. The van der Waals surface area contributed by atoms with Gasteiger partial charge in [-0.1, -0.05) is 25.1 Å². The molecule has 0 radical (unpaired) electrons. The zero-order chi connectivity index (χ0) is 18.6. The molecule has 2 aromatic rings. The van der Waals surface area contributed by atoms with Crippen molar-refractivity contribution in [1.82, 2.24) is 20.0 Å². The number of hydrogen-bond acceptors (Lipinski definition) is 5.